The first-order chi connectivity index (χ1) is 8.33. The molecule has 18 heavy (non-hydrogen) atoms. The summed E-state index contributed by atoms with van der Waals surface area (Å²) >= 11 is 6.29. The van der Waals surface area contributed by atoms with E-state index in [1.54, 1.807) is 14.2 Å². The van der Waals surface area contributed by atoms with Crippen molar-refractivity contribution in [2.45, 2.75) is 70.3 Å². The van der Waals surface area contributed by atoms with Crippen molar-refractivity contribution < 1.29 is 8.85 Å². The Balaban J connectivity index is 3.36. The lowest BCUT2D eigenvalue weighted by Gasteiger charge is -2.22. The van der Waals surface area contributed by atoms with Gasteiger partial charge in [0.2, 0.25) is 0 Å². The molecule has 0 heterocycles. The van der Waals surface area contributed by atoms with Gasteiger partial charge < -0.3 is 8.85 Å². The molecule has 0 aliphatic carbocycles. The number of halogens is 1. The summed E-state index contributed by atoms with van der Waals surface area (Å²) in [6, 6.07) is 2.37. The highest BCUT2D eigenvalue weighted by molar-refractivity contribution is 7.19. The summed E-state index contributed by atoms with van der Waals surface area (Å²) < 4.78 is 11.0. The maximum Gasteiger partial charge on any atom is 0.334 e. The van der Waals surface area contributed by atoms with Crippen LogP contribution in [0.1, 0.15) is 38.5 Å². The van der Waals surface area contributed by atoms with E-state index in [0.717, 1.165) is 6.04 Å². The first kappa shape index (κ1) is 18.6. The molecule has 110 valence electrons. The smallest absolute Gasteiger partial charge is 0.334 e. The molecule has 0 unspecified atom stereocenters. The van der Waals surface area contributed by atoms with E-state index < -0.39 is 15.9 Å². The van der Waals surface area contributed by atoms with E-state index in [0.29, 0.717) is 0 Å². The molecule has 0 saturated heterocycles. The predicted octanol–water partition coefficient (Wildman–Crippen LogP) is 5.14. The molecule has 0 atom stereocenters. The Morgan fingerprint density at radius 2 is 1.11 bits per heavy atom. The third-order valence-corrected chi connectivity index (χ3v) is 8.61. The van der Waals surface area contributed by atoms with Crippen LogP contribution in [0.4, 0.5) is 0 Å². The van der Waals surface area contributed by atoms with Crippen LogP contribution in [0.25, 0.3) is 0 Å². The molecule has 5 heteroatoms. The van der Waals surface area contributed by atoms with Gasteiger partial charge in [0, 0.05) is 14.2 Å². The van der Waals surface area contributed by atoms with E-state index in [1.807, 2.05) is 0 Å². The highest BCUT2D eigenvalue weighted by atomic mass is 35.6. The Labute approximate surface area is 120 Å². The van der Waals surface area contributed by atoms with E-state index in [1.165, 1.54) is 44.6 Å². The van der Waals surface area contributed by atoms with Crippen LogP contribution in [0.3, 0.4) is 0 Å². The second-order valence-corrected chi connectivity index (χ2v) is 16.5. The Hall–Kier alpha value is 0.644. The molecule has 0 aromatic rings. The Morgan fingerprint density at radius 1 is 0.722 bits per heavy atom. The van der Waals surface area contributed by atoms with Gasteiger partial charge in [-0.25, -0.2) is 0 Å². The van der Waals surface area contributed by atoms with Crippen molar-refractivity contribution in [1.82, 2.24) is 0 Å². The molecule has 0 rings (SSSR count). The van der Waals surface area contributed by atoms with Crippen LogP contribution < -0.4 is 0 Å². The van der Waals surface area contributed by atoms with Gasteiger partial charge in [0.05, 0.1) is 0 Å². The molecule has 0 spiro atoms. The van der Waals surface area contributed by atoms with Crippen LogP contribution in [0.2, 0.25) is 31.7 Å². The molecular weight excluding hydrogens is 280 g/mol. The van der Waals surface area contributed by atoms with Crippen LogP contribution in [-0.2, 0) is 8.85 Å². The predicted molar refractivity (Wildman–Crippen MR) is 86.3 cm³/mol. The quantitative estimate of drug-likeness (QED) is 0.299. The van der Waals surface area contributed by atoms with Crippen LogP contribution >= 0.6 is 11.1 Å². The summed E-state index contributed by atoms with van der Waals surface area (Å²) in [7, 11) is 0.411. The second kappa shape index (κ2) is 9.53. The molecule has 0 bridgehead atoms. The summed E-state index contributed by atoms with van der Waals surface area (Å²) in [4.78, 5) is 0. The summed E-state index contributed by atoms with van der Waals surface area (Å²) in [6.45, 7) is 6.60. The third kappa shape index (κ3) is 10.6. The highest BCUT2D eigenvalue weighted by Crippen LogP contribution is 2.20. The highest BCUT2D eigenvalue weighted by Gasteiger charge is 2.27. The summed E-state index contributed by atoms with van der Waals surface area (Å²) in [5.74, 6) is 0. The van der Waals surface area contributed by atoms with E-state index in [4.69, 9.17) is 19.9 Å². The van der Waals surface area contributed by atoms with Crippen molar-refractivity contribution >= 4 is 27.0 Å². The normalized spacial score (nSPS) is 13.0. The minimum Gasteiger partial charge on any atom is -0.398 e. The molecule has 0 radical (unpaired) electrons. The largest absolute Gasteiger partial charge is 0.398 e. The third-order valence-electron chi connectivity index (χ3n) is 3.52. The molecule has 0 aromatic carbocycles. The molecule has 0 N–H and O–H groups in total. The molecule has 0 aromatic heterocycles. The standard InChI is InChI=1S/C13H31ClO2Si2/c1-15-18(5,16-2)13-11-9-7-6-8-10-12-17(3,4)14/h6-13H2,1-5H3. The van der Waals surface area contributed by atoms with Crippen molar-refractivity contribution in [1.29, 1.82) is 0 Å². The lowest BCUT2D eigenvalue weighted by molar-refractivity contribution is 0.248. The van der Waals surface area contributed by atoms with Gasteiger partial charge in [-0.3, -0.25) is 0 Å². The minimum atomic E-state index is -1.81. The van der Waals surface area contributed by atoms with Crippen molar-refractivity contribution in [2.75, 3.05) is 14.2 Å². The lowest BCUT2D eigenvalue weighted by atomic mass is 10.1. The van der Waals surface area contributed by atoms with Gasteiger partial charge in [0.15, 0.2) is 0 Å². The van der Waals surface area contributed by atoms with E-state index in [2.05, 4.69) is 19.6 Å². The fourth-order valence-corrected chi connectivity index (χ4v) is 4.94. The van der Waals surface area contributed by atoms with Gasteiger partial charge in [-0.2, -0.15) is 11.1 Å². The van der Waals surface area contributed by atoms with E-state index in [9.17, 15) is 0 Å². The second-order valence-electron chi connectivity index (χ2n) is 5.88. The summed E-state index contributed by atoms with van der Waals surface area (Å²) in [5, 5.41) is 0. The van der Waals surface area contributed by atoms with Gasteiger partial charge in [-0.15, -0.1) is 0 Å². The number of rotatable bonds is 11. The Morgan fingerprint density at radius 3 is 1.50 bits per heavy atom. The number of hydrogen-bond acceptors (Lipinski definition) is 2. The average Bonchev–Trinajstić information content (AvgIpc) is 2.31. The van der Waals surface area contributed by atoms with Gasteiger partial charge in [0.1, 0.15) is 7.38 Å². The molecule has 2 nitrogen and oxygen atoms in total. The van der Waals surface area contributed by atoms with Crippen LogP contribution in [0, 0.1) is 0 Å². The van der Waals surface area contributed by atoms with Gasteiger partial charge in [-0.1, -0.05) is 51.6 Å². The molecule has 0 aliphatic heterocycles. The zero-order chi connectivity index (χ0) is 14.1. The average molecular weight is 311 g/mol. The first-order valence-corrected chi connectivity index (χ1v) is 13.9. The first-order valence-electron chi connectivity index (χ1n) is 7.12. The lowest BCUT2D eigenvalue weighted by Crippen LogP contribution is -2.35. The SMILES string of the molecule is CO[Si](C)(CCCCCCCC[Si](C)(C)Cl)OC. The zero-order valence-corrected chi connectivity index (χ0v) is 15.6. The maximum absolute atomic E-state index is 6.29. The van der Waals surface area contributed by atoms with Crippen LogP contribution in [-0.4, -0.2) is 30.2 Å². The molecule has 0 aliphatic rings. The van der Waals surface area contributed by atoms with E-state index in [-0.39, 0.29) is 0 Å². The Kier molecular flexibility index (Phi) is 9.87. The fraction of sp³-hybridized carbons (Fsp3) is 1.00. The molecular formula is C13H31ClO2Si2. The molecule has 0 amide bonds. The van der Waals surface area contributed by atoms with Gasteiger partial charge in [0.25, 0.3) is 0 Å². The number of unbranched alkanes of at least 4 members (excludes halogenated alkanes) is 5. The maximum atomic E-state index is 6.29. The van der Waals surface area contributed by atoms with E-state index >= 15 is 0 Å². The van der Waals surface area contributed by atoms with Crippen molar-refractivity contribution in [3.63, 3.8) is 0 Å². The summed E-state index contributed by atoms with van der Waals surface area (Å²) in [6.07, 6.45) is 7.87. The van der Waals surface area contributed by atoms with Crippen molar-refractivity contribution in [3.05, 3.63) is 0 Å². The van der Waals surface area contributed by atoms with Crippen LogP contribution in [0.15, 0.2) is 0 Å². The molecule has 0 saturated carbocycles. The topological polar surface area (TPSA) is 18.5 Å². The fourth-order valence-electron chi connectivity index (χ4n) is 1.99. The van der Waals surface area contributed by atoms with Crippen LogP contribution in [0.5, 0.6) is 0 Å². The van der Waals surface area contributed by atoms with Crippen molar-refractivity contribution in [3.8, 4) is 0 Å². The van der Waals surface area contributed by atoms with Crippen molar-refractivity contribution in [2.24, 2.45) is 0 Å². The number of hydrogen-bond donors (Lipinski definition) is 0. The van der Waals surface area contributed by atoms with Gasteiger partial charge in [-0.05, 0) is 18.6 Å². The zero-order valence-electron chi connectivity index (χ0n) is 12.9. The minimum absolute atomic E-state index is 1.11. The summed E-state index contributed by atoms with van der Waals surface area (Å²) in [5.41, 5.74) is 0. The Bertz CT molecular complexity index is 204. The van der Waals surface area contributed by atoms with Gasteiger partial charge >= 0.3 is 8.56 Å². The monoisotopic (exact) mass is 310 g/mol. The molecule has 0 fully saturated rings.